The first-order valence-electron chi connectivity index (χ1n) is 11.5. The highest BCUT2D eigenvalue weighted by Crippen LogP contribution is 2.30. The molecule has 0 saturated heterocycles. The molecule has 0 aliphatic heterocycles. The molecule has 3 rings (SSSR count). The molecule has 3 aromatic rings. The minimum atomic E-state index is 0.287. The summed E-state index contributed by atoms with van der Waals surface area (Å²) in [5.41, 5.74) is 11.2. The van der Waals surface area contributed by atoms with Crippen LogP contribution in [0.25, 0.3) is 11.1 Å². The van der Waals surface area contributed by atoms with E-state index in [0.717, 1.165) is 44.9 Å². The van der Waals surface area contributed by atoms with Crippen LogP contribution in [0.15, 0.2) is 60.7 Å². The minimum Gasteiger partial charge on any atom is -0.396 e. The predicted octanol–water partition coefficient (Wildman–Crippen LogP) is 6.89. The second-order valence-corrected chi connectivity index (χ2v) is 8.36. The SMILES string of the molecule is CCc1cc(CCCCO)ccc1-c1ccc(CCc2ccc(C)cc2)cc1CC. The largest absolute Gasteiger partial charge is 0.396 e. The Balaban J connectivity index is 1.79. The van der Waals surface area contributed by atoms with Crippen molar-refractivity contribution in [3.63, 3.8) is 0 Å². The van der Waals surface area contributed by atoms with Crippen LogP contribution in [0.1, 0.15) is 60.1 Å². The van der Waals surface area contributed by atoms with Crippen LogP contribution >= 0.6 is 0 Å². The highest BCUT2D eigenvalue weighted by molar-refractivity contribution is 5.71. The number of aliphatic hydroxyl groups is 1. The van der Waals surface area contributed by atoms with Crippen molar-refractivity contribution >= 4 is 0 Å². The Kier molecular flexibility index (Phi) is 8.28. The van der Waals surface area contributed by atoms with Gasteiger partial charge >= 0.3 is 0 Å². The number of unbranched alkanes of at least 4 members (excludes halogenated alkanes) is 1. The van der Waals surface area contributed by atoms with Crippen LogP contribution in [0.4, 0.5) is 0 Å². The summed E-state index contributed by atoms with van der Waals surface area (Å²) in [7, 11) is 0. The predicted molar refractivity (Wildman–Crippen MR) is 129 cm³/mol. The Bertz CT molecular complexity index is 937. The lowest BCUT2D eigenvalue weighted by atomic mass is 9.89. The summed E-state index contributed by atoms with van der Waals surface area (Å²) in [4.78, 5) is 0. The van der Waals surface area contributed by atoms with E-state index in [-0.39, 0.29) is 6.61 Å². The zero-order chi connectivity index (χ0) is 21.3. The first-order chi connectivity index (χ1) is 14.6. The molecule has 1 heteroatoms. The first kappa shape index (κ1) is 22.3. The van der Waals surface area contributed by atoms with Gasteiger partial charge in [-0.15, -0.1) is 0 Å². The molecule has 0 spiro atoms. The maximum atomic E-state index is 9.03. The van der Waals surface area contributed by atoms with E-state index in [4.69, 9.17) is 5.11 Å². The third kappa shape index (κ3) is 5.83. The van der Waals surface area contributed by atoms with Crippen LogP contribution in [-0.2, 0) is 32.1 Å². The summed E-state index contributed by atoms with van der Waals surface area (Å²) in [6.07, 6.45) is 7.25. The summed E-state index contributed by atoms with van der Waals surface area (Å²) >= 11 is 0. The minimum absolute atomic E-state index is 0.287. The van der Waals surface area contributed by atoms with E-state index in [2.05, 4.69) is 81.4 Å². The van der Waals surface area contributed by atoms with Crippen molar-refractivity contribution in [2.45, 2.75) is 65.7 Å². The lowest BCUT2D eigenvalue weighted by Gasteiger charge is -2.16. The number of benzene rings is 3. The molecule has 3 aromatic carbocycles. The molecule has 158 valence electrons. The molecule has 0 heterocycles. The van der Waals surface area contributed by atoms with Gasteiger partial charge in [-0.2, -0.15) is 0 Å². The van der Waals surface area contributed by atoms with E-state index in [9.17, 15) is 0 Å². The summed E-state index contributed by atoms with van der Waals surface area (Å²) < 4.78 is 0. The highest BCUT2D eigenvalue weighted by atomic mass is 16.2. The van der Waals surface area contributed by atoms with Gasteiger partial charge in [-0.3, -0.25) is 0 Å². The Morgan fingerprint density at radius 1 is 0.600 bits per heavy atom. The summed E-state index contributed by atoms with van der Waals surface area (Å²) in [5, 5.41) is 9.03. The molecule has 1 nitrogen and oxygen atoms in total. The summed E-state index contributed by atoms with van der Waals surface area (Å²) in [6.45, 7) is 6.94. The van der Waals surface area contributed by atoms with Gasteiger partial charge in [-0.25, -0.2) is 0 Å². The Labute approximate surface area is 182 Å². The van der Waals surface area contributed by atoms with E-state index in [1.54, 1.807) is 0 Å². The molecule has 0 atom stereocenters. The Morgan fingerprint density at radius 2 is 1.10 bits per heavy atom. The molecule has 0 aliphatic carbocycles. The molecule has 1 N–H and O–H groups in total. The average Bonchev–Trinajstić information content (AvgIpc) is 2.78. The van der Waals surface area contributed by atoms with Crippen LogP contribution in [0, 0.1) is 6.92 Å². The molecule has 0 unspecified atom stereocenters. The van der Waals surface area contributed by atoms with Gasteiger partial charge in [-0.05, 0) is 90.8 Å². The van der Waals surface area contributed by atoms with Gasteiger partial charge in [0, 0.05) is 6.61 Å². The number of hydrogen-bond donors (Lipinski definition) is 1. The second-order valence-electron chi connectivity index (χ2n) is 8.36. The Morgan fingerprint density at radius 3 is 1.63 bits per heavy atom. The van der Waals surface area contributed by atoms with Crippen molar-refractivity contribution in [2.75, 3.05) is 6.61 Å². The molecule has 0 fully saturated rings. The molecular formula is C29H36O. The number of aryl methyl sites for hydroxylation is 6. The normalized spacial score (nSPS) is 11.1. The van der Waals surface area contributed by atoms with E-state index in [1.165, 1.54) is 44.5 Å². The molecule has 0 radical (unpaired) electrons. The van der Waals surface area contributed by atoms with Crippen LogP contribution in [0.5, 0.6) is 0 Å². The van der Waals surface area contributed by atoms with E-state index in [0.29, 0.717) is 0 Å². The van der Waals surface area contributed by atoms with Crippen molar-refractivity contribution in [2.24, 2.45) is 0 Å². The fourth-order valence-corrected chi connectivity index (χ4v) is 4.20. The van der Waals surface area contributed by atoms with Gasteiger partial charge in [0.15, 0.2) is 0 Å². The standard InChI is InChI=1S/C29H36O/c1-4-26-20-24(8-6-7-19-30)15-17-28(26)29-18-16-25(21-27(29)5-2)14-13-23-11-9-22(3)10-12-23/h9-12,15-18,20-21,30H,4-8,13-14,19H2,1-3H3. The third-order valence-corrected chi connectivity index (χ3v) is 6.09. The fraction of sp³-hybridized carbons (Fsp3) is 0.379. The van der Waals surface area contributed by atoms with Gasteiger partial charge < -0.3 is 5.11 Å². The monoisotopic (exact) mass is 400 g/mol. The maximum absolute atomic E-state index is 9.03. The van der Waals surface area contributed by atoms with Gasteiger partial charge in [0.25, 0.3) is 0 Å². The number of aliphatic hydroxyl groups excluding tert-OH is 1. The number of rotatable bonds is 10. The molecule has 0 aromatic heterocycles. The second kappa shape index (κ2) is 11.1. The van der Waals surface area contributed by atoms with Crippen LogP contribution in [0.3, 0.4) is 0 Å². The fourth-order valence-electron chi connectivity index (χ4n) is 4.20. The van der Waals surface area contributed by atoms with E-state index >= 15 is 0 Å². The zero-order valence-electron chi connectivity index (χ0n) is 18.9. The zero-order valence-corrected chi connectivity index (χ0v) is 18.9. The molecule has 30 heavy (non-hydrogen) atoms. The molecule has 0 aliphatic rings. The van der Waals surface area contributed by atoms with Crippen molar-refractivity contribution in [1.82, 2.24) is 0 Å². The van der Waals surface area contributed by atoms with E-state index in [1.807, 2.05) is 0 Å². The topological polar surface area (TPSA) is 20.2 Å². The van der Waals surface area contributed by atoms with Gasteiger partial charge in [0.2, 0.25) is 0 Å². The lowest BCUT2D eigenvalue weighted by Crippen LogP contribution is -1.98. The molecule has 0 saturated carbocycles. The van der Waals surface area contributed by atoms with Crippen LogP contribution in [-0.4, -0.2) is 11.7 Å². The van der Waals surface area contributed by atoms with Crippen LogP contribution < -0.4 is 0 Å². The first-order valence-corrected chi connectivity index (χ1v) is 11.5. The highest BCUT2D eigenvalue weighted by Gasteiger charge is 2.10. The van der Waals surface area contributed by atoms with Crippen molar-refractivity contribution in [3.05, 3.63) is 94.0 Å². The van der Waals surface area contributed by atoms with E-state index < -0.39 is 0 Å². The molecule has 0 bridgehead atoms. The van der Waals surface area contributed by atoms with Crippen molar-refractivity contribution in [3.8, 4) is 11.1 Å². The lowest BCUT2D eigenvalue weighted by molar-refractivity contribution is 0.284. The quantitative estimate of drug-likeness (QED) is 0.367. The summed E-state index contributed by atoms with van der Waals surface area (Å²) in [6, 6.07) is 22.9. The smallest absolute Gasteiger partial charge is 0.0431 e. The number of hydrogen-bond acceptors (Lipinski definition) is 1. The Hall–Kier alpha value is -2.38. The third-order valence-electron chi connectivity index (χ3n) is 6.09. The summed E-state index contributed by atoms with van der Waals surface area (Å²) in [5.74, 6) is 0. The van der Waals surface area contributed by atoms with Crippen LogP contribution in [0.2, 0.25) is 0 Å². The van der Waals surface area contributed by atoms with Gasteiger partial charge in [0.05, 0.1) is 0 Å². The van der Waals surface area contributed by atoms with Crippen molar-refractivity contribution < 1.29 is 5.11 Å². The van der Waals surface area contributed by atoms with Gasteiger partial charge in [0.1, 0.15) is 0 Å². The molecular weight excluding hydrogens is 364 g/mol. The average molecular weight is 401 g/mol. The maximum Gasteiger partial charge on any atom is 0.0431 e. The van der Waals surface area contributed by atoms with Crippen molar-refractivity contribution in [1.29, 1.82) is 0 Å². The van der Waals surface area contributed by atoms with Gasteiger partial charge in [-0.1, -0.05) is 80.1 Å². The molecule has 0 amide bonds.